The van der Waals surface area contributed by atoms with Gasteiger partial charge in [0.15, 0.2) is 0 Å². The number of hydrogen-bond acceptors (Lipinski definition) is 8. The van der Waals surface area contributed by atoms with Crippen LogP contribution in [0.5, 0.6) is 0 Å². The molecular formula is C25H25N5O2S2. The lowest BCUT2D eigenvalue weighted by Crippen LogP contribution is -2.38. The Morgan fingerprint density at radius 2 is 2.00 bits per heavy atom. The number of nitrogens with zero attached hydrogens (tertiary/aromatic N) is 3. The Labute approximate surface area is 206 Å². The number of thioether (sulfide) groups is 1. The topological polar surface area (TPSA) is 87.2 Å². The van der Waals surface area contributed by atoms with E-state index in [2.05, 4.69) is 66.6 Å². The van der Waals surface area contributed by atoms with Crippen LogP contribution in [0.15, 0.2) is 58.3 Å². The molecule has 2 aromatic heterocycles. The first-order chi connectivity index (χ1) is 16.7. The van der Waals surface area contributed by atoms with Crippen molar-refractivity contribution in [2.24, 2.45) is 5.92 Å². The normalized spacial score (nSPS) is 18.0. The van der Waals surface area contributed by atoms with Crippen molar-refractivity contribution in [3.8, 4) is 11.1 Å². The molecule has 1 aromatic carbocycles. The first kappa shape index (κ1) is 22.8. The summed E-state index contributed by atoms with van der Waals surface area (Å²) < 4.78 is 0. The van der Waals surface area contributed by atoms with Gasteiger partial charge in [0.25, 0.3) is 11.1 Å². The highest BCUT2D eigenvalue weighted by Gasteiger charge is 2.25. The number of carbonyl (C=O) groups is 2. The quantitative estimate of drug-likeness (QED) is 0.469. The summed E-state index contributed by atoms with van der Waals surface area (Å²) in [4.78, 5) is 34.7. The number of imide groups is 1. The summed E-state index contributed by atoms with van der Waals surface area (Å²) in [6.07, 6.45) is 5.48. The van der Waals surface area contributed by atoms with Crippen molar-refractivity contribution < 1.29 is 9.59 Å². The lowest BCUT2D eigenvalue weighted by atomic mass is 9.96. The van der Waals surface area contributed by atoms with Crippen molar-refractivity contribution >= 4 is 46.3 Å². The van der Waals surface area contributed by atoms with Crippen molar-refractivity contribution in [3.05, 3.63) is 69.5 Å². The van der Waals surface area contributed by atoms with E-state index in [0.29, 0.717) is 22.5 Å². The lowest BCUT2D eigenvalue weighted by Gasteiger charge is -2.32. The van der Waals surface area contributed by atoms with E-state index in [1.54, 1.807) is 29.7 Å². The van der Waals surface area contributed by atoms with Crippen LogP contribution >= 0.6 is 23.1 Å². The van der Waals surface area contributed by atoms with E-state index in [1.807, 2.05) is 0 Å². The largest absolute Gasteiger partial charge is 0.341 e. The predicted octanol–water partition coefficient (Wildman–Crippen LogP) is 4.54. The molecule has 9 heteroatoms. The van der Waals surface area contributed by atoms with Crippen LogP contribution in [0.3, 0.4) is 0 Å². The molecule has 2 N–H and O–H groups in total. The van der Waals surface area contributed by atoms with Crippen molar-refractivity contribution in [2.75, 3.05) is 24.5 Å². The zero-order valence-corrected chi connectivity index (χ0v) is 20.2. The number of anilines is 1. The van der Waals surface area contributed by atoms with Crippen LogP contribution in [0.1, 0.15) is 24.1 Å². The second kappa shape index (κ2) is 10.5. The second-order valence-corrected chi connectivity index (χ2v) is 10.2. The third-order valence-corrected chi connectivity index (χ3v) is 7.57. The summed E-state index contributed by atoms with van der Waals surface area (Å²) in [5.41, 5.74) is 4.54. The van der Waals surface area contributed by atoms with Crippen LogP contribution in [0.25, 0.3) is 17.2 Å². The minimum Gasteiger partial charge on any atom is -0.341 e. The van der Waals surface area contributed by atoms with Crippen LogP contribution in [-0.4, -0.2) is 40.7 Å². The molecule has 4 heterocycles. The van der Waals surface area contributed by atoms with Gasteiger partial charge >= 0.3 is 0 Å². The van der Waals surface area contributed by atoms with Gasteiger partial charge in [0.05, 0.1) is 10.6 Å². The van der Waals surface area contributed by atoms with E-state index in [-0.39, 0.29) is 11.1 Å². The van der Waals surface area contributed by atoms with E-state index >= 15 is 0 Å². The van der Waals surface area contributed by atoms with E-state index in [9.17, 15) is 9.59 Å². The van der Waals surface area contributed by atoms with Crippen molar-refractivity contribution in [2.45, 2.75) is 19.4 Å². The number of carbonyl (C=O) groups excluding carboxylic acids is 2. The zero-order chi connectivity index (χ0) is 23.3. The Bertz CT molecular complexity index is 1200. The molecule has 7 nitrogen and oxygen atoms in total. The Kier molecular flexibility index (Phi) is 7.03. The molecule has 0 radical (unpaired) electrons. The van der Waals surface area contributed by atoms with Gasteiger partial charge in [-0.05, 0) is 82.7 Å². The average Bonchev–Trinajstić information content (AvgIpc) is 3.50. The van der Waals surface area contributed by atoms with Gasteiger partial charge in [0, 0.05) is 25.8 Å². The highest BCUT2D eigenvalue weighted by atomic mass is 32.2. The average molecular weight is 492 g/mol. The van der Waals surface area contributed by atoms with Crippen molar-refractivity contribution in [1.82, 2.24) is 20.6 Å². The Morgan fingerprint density at radius 1 is 1.15 bits per heavy atom. The number of benzene rings is 1. The van der Waals surface area contributed by atoms with Gasteiger partial charge in [-0.3, -0.25) is 14.9 Å². The van der Waals surface area contributed by atoms with Gasteiger partial charge in [0.2, 0.25) is 5.95 Å². The van der Waals surface area contributed by atoms with Gasteiger partial charge in [-0.15, -0.1) is 0 Å². The highest BCUT2D eigenvalue weighted by molar-refractivity contribution is 8.18. The minimum atomic E-state index is -0.374. The van der Waals surface area contributed by atoms with Gasteiger partial charge in [-0.1, -0.05) is 24.3 Å². The molecule has 2 saturated heterocycles. The fourth-order valence-electron chi connectivity index (χ4n) is 4.27. The molecule has 0 unspecified atom stereocenters. The van der Waals surface area contributed by atoms with Gasteiger partial charge in [-0.2, -0.15) is 11.3 Å². The lowest BCUT2D eigenvalue weighted by molar-refractivity contribution is -0.115. The first-order valence-corrected chi connectivity index (χ1v) is 13.1. The van der Waals surface area contributed by atoms with E-state index in [4.69, 9.17) is 0 Å². The molecule has 2 aliphatic rings. The third kappa shape index (κ3) is 5.38. The van der Waals surface area contributed by atoms with Gasteiger partial charge in [0.1, 0.15) is 0 Å². The summed E-state index contributed by atoms with van der Waals surface area (Å²) in [6, 6.07) is 12.5. The molecule has 2 amide bonds. The summed E-state index contributed by atoms with van der Waals surface area (Å²) >= 11 is 2.62. The molecular weight excluding hydrogens is 466 g/mol. The van der Waals surface area contributed by atoms with E-state index < -0.39 is 0 Å². The number of rotatable bonds is 7. The number of nitrogens with one attached hydrogen (secondary N) is 2. The monoisotopic (exact) mass is 491 g/mol. The molecule has 2 fully saturated rings. The van der Waals surface area contributed by atoms with Crippen molar-refractivity contribution in [3.63, 3.8) is 0 Å². The van der Waals surface area contributed by atoms with Crippen LogP contribution in [0.4, 0.5) is 10.7 Å². The fraction of sp³-hybridized carbons (Fsp3) is 0.280. The van der Waals surface area contributed by atoms with E-state index in [0.717, 1.165) is 50.8 Å². The number of thiophene rings is 1. The van der Waals surface area contributed by atoms with Gasteiger partial charge < -0.3 is 10.2 Å². The standard InChI is InChI=1S/C25H25N5O2S2/c31-23-22(34-25(32)29-23)13-20-5-9-27-24(28-20)30-10-6-17(7-11-30)14-26-15-18-3-1-2-4-21(18)19-8-12-33-16-19/h1-5,8-9,12-13,16-17,26H,6-7,10-11,14-15H2,(H,29,31,32)/b22-13+. The maximum absolute atomic E-state index is 11.8. The summed E-state index contributed by atoms with van der Waals surface area (Å²) in [7, 11) is 0. The van der Waals surface area contributed by atoms with Crippen LogP contribution in [0, 0.1) is 5.92 Å². The molecule has 34 heavy (non-hydrogen) atoms. The SMILES string of the molecule is O=C1NC(=O)/C(=C\c2ccnc(N3CCC(CNCc4ccccc4-c4ccsc4)CC3)n2)S1. The maximum atomic E-state index is 11.8. The Hall–Kier alpha value is -3.01. The van der Waals surface area contributed by atoms with Crippen LogP contribution in [0.2, 0.25) is 0 Å². The zero-order valence-electron chi connectivity index (χ0n) is 18.6. The molecule has 3 aromatic rings. The fourth-order valence-corrected chi connectivity index (χ4v) is 5.59. The smallest absolute Gasteiger partial charge is 0.290 e. The summed E-state index contributed by atoms with van der Waals surface area (Å²) in [5, 5.41) is 9.89. The minimum absolute atomic E-state index is 0.351. The molecule has 0 saturated carbocycles. The Balaban J connectivity index is 1.13. The van der Waals surface area contributed by atoms with E-state index in [1.165, 1.54) is 16.7 Å². The molecule has 0 spiro atoms. The molecule has 174 valence electrons. The predicted molar refractivity (Wildman–Crippen MR) is 138 cm³/mol. The second-order valence-electron chi connectivity index (χ2n) is 8.36. The number of amides is 2. The third-order valence-electron chi connectivity index (χ3n) is 6.08. The molecule has 0 bridgehead atoms. The van der Waals surface area contributed by atoms with Gasteiger partial charge in [-0.25, -0.2) is 9.97 Å². The molecule has 5 rings (SSSR count). The Morgan fingerprint density at radius 3 is 2.76 bits per heavy atom. The number of aromatic nitrogens is 2. The summed E-state index contributed by atoms with van der Waals surface area (Å²) in [6.45, 7) is 3.64. The molecule has 2 aliphatic heterocycles. The first-order valence-electron chi connectivity index (χ1n) is 11.3. The maximum Gasteiger partial charge on any atom is 0.290 e. The number of hydrogen-bond donors (Lipinski definition) is 2. The number of piperidine rings is 1. The van der Waals surface area contributed by atoms with Crippen LogP contribution < -0.4 is 15.5 Å². The highest BCUT2D eigenvalue weighted by Crippen LogP contribution is 2.27. The van der Waals surface area contributed by atoms with Crippen molar-refractivity contribution in [1.29, 1.82) is 0 Å². The summed E-state index contributed by atoms with van der Waals surface area (Å²) in [5.74, 6) is 0.904. The van der Waals surface area contributed by atoms with Crippen LogP contribution in [-0.2, 0) is 11.3 Å². The molecule has 0 atom stereocenters. The molecule has 0 aliphatic carbocycles.